The van der Waals surface area contributed by atoms with Crippen molar-refractivity contribution >= 4 is 0 Å². The van der Waals surface area contributed by atoms with Gasteiger partial charge in [-0.05, 0) is 6.07 Å². The highest BCUT2D eigenvalue weighted by Gasteiger charge is 2.34. The molecule has 3 rings (SSSR count). The predicted molar refractivity (Wildman–Crippen MR) is 72.3 cm³/mol. The SMILES string of the molecule is FC(F)(F)c1ccccc1-c1nc(-c2ccccc2)n[nH]1. The van der Waals surface area contributed by atoms with Gasteiger partial charge in [0.25, 0.3) is 0 Å². The van der Waals surface area contributed by atoms with Crippen LogP contribution < -0.4 is 0 Å². The molecule has 1 N–H and O–H groups in total. The normalized spacial score (nSPS) is 11.6. The lowest BCUT2D eigenvalue weighted by molar-refractivity contribution is -0.137. The Morgan fingerprint density at radius 2 is 1.52 bits per heavy atom. The van der Waals surface area contributed by atoms with Crippen molar-refractivity contribution in [1.82, 2.24) is 15.2 Å². The second-order valence-electron chi connectivity index (χ2n) is 4.42. The molecule has 21 heavy (non-hydrogen) atoms. The third-order valence-corrected chi connectivity index (χ3v) is 3.00. The second-order valence-corrected chi connectivity index (χ2v) is 4.42. The fraction of sp³-hybridized carbons (Fsp3) is 0.0667. The van der Waals surface area contributed by atoms with Crippen LogP contribution in [0.25, 0.3) is 22.8 Å². The van der Waals surface area contributed by atoms with Crippen molar-refractivity contribution < 1.29 is 13.2 Å². The summed E-state index contributed by atoms with van der Waals surface area (Å²) < 4.78 is 39.0. The lowest BCUT2D eigenvalue weighted by atomic mass is 10.1. The highest BCUT2D eigenvalue weighted by molar-refractivity contribution is 5.64. The molecular weight excluding hydrogens is 279 g/mol. The lowest BCUT2D eigenvalue weighted by Crippen LogP contribution is -2.07. The number of benzene rings is 2. The summed E-state index contributed by atoms with van der Waals surface area (Å²) in [7, 11) is 0. The van der Waals surface area contributed by atoms with Crippen molar-refractivity contribution in [2.24, 2.45) is 0 Å². The van der Waals surface area contributed by atoms with E-state index in [9.17, 15) is 13.2 Å². The maximum Gasteiger partial charge on any atom is 0.417 e. The minimum atomic E-state index is -4.43. The Morgan fingerprint density at radius 1 is 0.857 bits per heavy atom. The number of nitrogens with zero attached hydrogens (tertiary/aromatic N) is 2. The van der Waals surface area contributed by atoms with Gasteiger partial charge in [-0.25, -0.2) is 4.98 Å². The Kier molecular flexibility index (Phi) is 3.21. The maximum atomic E-state index is 13.0. The second kappa shape index (κ2) is 5.05. The van der Waals surface area contributed by atoms with E-state index >= 15 is 0 Å². The van der Waals surface area contributed by atoms with Gasteiger partial charge in [-0.15, -0.1) is 0 Å². The third-order valence-electron chi connectivity index (χ3n) is 3.00. The number of aromatic amines is 1. The first-order valence-electron chi connectivity index (χ1n) is 6.20. The molecule has 0 fully saturated rings. The first-order valence-corrected chi connectivity index (χ1v) is 6.20. The first kappa shape index (κ1) is 13.4. The zero-order valence-electron chi connectivity index (χ0n) is 10.7. The summed E-state index contributed by atoms with van der Waals surface area (Å²) in [6.07, 6.45) is -4.43. The number of hydrogen-bond acceptors (Lipinski definition) is 2. The van der Waals surface area contributed by atoms with E-state index in [4.69, 9.17) is 0 Å². The highest BCUT2D eigenvalue weighted by atomic mass is 19.4. The summed E-state index contributed by atoms with van der Waals surface area (Å²) in [6.45, 7) is 0. The fourth-order valence-electron chi connectivity index (χ4n) is 2.04. The molecule has 0 spiro atoms. The number of H-pyrrole nitrogens is 1. The summed E-state index contributed by atoms with van der Waals surface area (Å²) in [5.41, 5.74) is -0.00932. The number of hydrogen-bond donors (Lipinski definition) is 1. The molecule has 1 aromatic heterocycles. The molecule has 0 unspecified atom stereocenters. The van der Waals surface area contributed by atoms with Crippen LogP contribution in [0.15, 0.2) is 54.6 Å². The molecule has 106 valence electrons. The molecule has 0 amide bonds. The quantitative estimate of drug-likeness (QED) is 0.769. The van der Waals surface area contributed by atoms with Gasteiger partial charge in [0, 0.05) is 11.1 Å². The smallest absolute Gasteiger partial charge is 0.259 e. The summed E-state index contributed by atoms with van der Waals surface area (Å²) in [4.78, 5) is 4.16. The van der Waals surface area contributed by atoms with Crippen molar-refractivity contribution in [3.05, 3.63) is 60.2 Å². The molecule has 6 heteroatoms. The van der Waals surface area contributed by atoms with Crippen LogP contribution in [0.3, 0.4) is 0 Å². The van der Waals surface area contributed by atoms with Gasteiger partial charge in [0.05, 0.1) is 5.56 Å². The van der Waals surface area contributed by atoms with Crippen LogP contribution in [0.2, 0.25) is 0 Å². The van der Waals surface area contributed by atoms with Crippen molar-refractivity contribution in [3.8, 4) is 22.8 Å². The number of rotatable bonds is 2. The minimum Gasteiger partial charge on any atom is -0.259 e. The molecule has 0 saturated carbocycles. The van der Waals surface area contributed by atoms with E-state index in [1.54, 1.807) is 12.1 Å². The Labute approximate surface area is 118 Å². The van der Waals surface area contributed by atoms with Crippen LogP contribution in [0.5, 0.6) is 0 Å². The van der Waals surface area contributed by atoms with Gasteiger partial charge in [0.1, 0.15) is 0 Å². The number of aromatic nitrogens is 3. The number of alkyl halides is 3. The van der Waals surface area contributed by atoms with E-state index < -0.39 is 11.7 Å². The average molecular weight is 289 g/mol. The predicted octanol–water partition coefficient (Wildman–Crippen LogP) is 4.16. The van der Waals surface area contributed by atoms with E-state index in [1.165, 1.54) is 18.2 Å². The Bertz CT molecular complexity index is 748. The molecule has 0 bridgehead atoms. The molecule has 0 radical (unpaired) electrons. The highest BCUT2D eigenvalue weighted by Crippen LogP contribution is 2.35. The third kappa shape index (κ3) is 2.65. The Balaban J connectivity index is 2.06. The standard InChI is InChI=1S/C15H10F3N3/c16-15(17,18)12-9-5-4-8-11(12)14-19-13(20-21-14)10-6-2-1-3-7-10/h1-9H,(H,19,20,21). The average Bonchev–Trinajstić information content (AvgIpc) is 2.97. The molecule has 0 atom stereocenters. The largest absolute Gasteiger partial charge is 0.417 e. The maximum absolute atomic E-state index is 13.0. The van der Waals surface area contributed by atoms with Crippen LogP contribution in [0, 0.1) is 0 Å². The molecule has 3 nitrogen and oxygen atoms in total. The monoisotopic (exact) mass is 289 g/mol. The summed E-state index contributed by atoms with van der Waals surface area (Å²) >= 11 is 0. The molecule has 0 aliphatic carbocycles. The fourth-order valence-corrected chi connectivity index (χ4v) is 2.04. The molecule has 3 aromatic rings. The van der Waals surface area contributed by atoms with Gasteiger partial charge in [-0.1, -0.05) is 48.5 Å². The van der Waals surface area contributed by atoms with E-state index in [2.05, 4.69) is 15.2 Å². The van der Waals surface area contributed by atoms with Gasteiger partial charge in [-0.3, -0.25) is 5.10 Å². The van der Waals surface area contributed by atoms with Crippen LogP contribution in [0.4, 0.5) is 13.2 Å². The number of halogens is 3. The molecule has 0 aliphatic heterocycles. The zero-order valence-corrected chi connectivity index (χ0v) is 10.7. The van der Waals surface area contributed by atoms with Gasteiger partial charge in [0.15, 0.2) is 11.6 Å². The van der Waals surface area contributed by atoms with E-state index in [-0.39, 0.29) is 11.4 Å². The van der Waals surface area contributed by atoms with Crippen molar-refractivity contribution in [2.45, 2.75) is 6.18 Å². The van der Waals surface area contributed by atoms with Crippen molar-refractivity contribution in [3.63, 3.8) is 0 Å². The summed E-state index contributed by atoms with van der Waals surface area (Å²) in [5.74, 6) is 0.462. The molecule has 1 heterocycles. The lowest BCUT2D eigenvalue weighted by Gasteiger charge is -2.10. The van der Waals surface area contributed by atoms with Crippen LogP contribution in [0.1, 0.15) is 5.56 Å². The van der Waals surface area contributed by atoms with Gasteiger partial charge in [-0.2, -0.15) is 18.3 Å². The van der Waals surface area contributed by atoms with Crippen LogP contribution in [-0.4, -0.2) is 15.2 Å². The first-order chi connectivity index (χ1) is 10.1. The van der Waals surface area contributed by atoms with E-state index in [1.807, 2.05) is 18.2 Å². The summed E-state index contributed by atoms with van der Waals surface area (Å²) in [6, 6.07) is 14.3. The van der Waals surface area contributed by atoms with E-state index in [0.29, 0.717) is 5.82 Å². The topological polar surface area (TPSA) is 41.6 Å². The van der Waals surface area contributed by atoms with Crippen molar-refractivity contribution in [2.75, 3.05) is 0 Å². The summed E-state index contributed by atoms with van der Waals surface area (Å²) in [5, 5.41) is 6.55. The molecular formula is C15H10F3N3. The Morgan fingerprint density at radius 3 is 2.24 bits per heavy atom. The van der Waals surface area contributed by atoms with Gasteiger partial charge < -0.3 is 0 Å². The molecule has 0 aliphatic rings. The van der Waals surface area contributed by atoms with Crippen LogP contribution in [-0.2, 0) is 6.18 Å². The van der Waals surface area contributed by atoms with Gasteiger partial charge in [0.2, 0.25) is 0 Å². The Hall–Kier alpha value is -2.63. The van der Waals surface area contributed by atoms with Crippen LogP contribution >= 0.6 is 0 Å². The molecule has 0 saturated heterocycles. The number of nitrogens with one attached hydrogen (secondary N) is 1. The van der Waals surface area contributed by atoms with E-state index in [0.717, 1.165) is 11.6 Å². The van der Waals surface area contributed by atoms with Gasteiger partial charge >= 0.3 is 6.18 Å². The molecule has 2 aromatic carbocycles. The zero-order chi connectivity index (χ0) is 14.9. The van der Waals surface area contributed by atoms with Crippen molar-refractivity contribution in [1.29, 1.82) is 0 Å². The minimum absolute atomic E-state index is 0.0142.